The van der Waals surface area contributed by atoms with Gasteiger partial charge in [0.1, 0.15) is 0 Å². The predicted molar refractivity (Wildman–Crippen MR) is 63.8 cm³/mol. The summed E-state index contributed by atoms with van der Waals surface area (Å²) in [6, 6.07) is 3.91. The number of amides is 1. The Hall–Kier alpha value is -1.88. The number of aromatic amines is 1. The minimum Gasteiger partial charge on any atom is -0.347 e. The van der Waals surface area contributed by atoms with Crippen molar-refractivity contribution in [2.45, 2.75) is 6.54 Å². The maximum atomic E-state index is 11.4. The number of aromatic nitrogens is 2. The lowest BCUT2D eigenvalue weighted by Crippen LogP contribution is -2.20. The molecule has 82 valence electrons. The maximum Gasteiger partial charge on any atom is 0.244 e. The lowest BCUT2D eigenvalue weighted by Gasteiger charge is -1.98. The highest BCUT2D eigenvalue weighted by Crippen LogP contribution is 2.09. The molecule has 0 aromatic carbocycles. The van der Waals surface area contributed by atoms with Crippen molar-refractivity contribution in [1.82, 2.24) is 15.3 Å². The molecule has 0 unspecified atom stereocenters. The van der Waals surface area contributed by atoms with Gasteiger partial charge in [0.05, 0.1) is 18.6 Å². The fraction of sp³-hybridized carbons (Fsp3) is 0.0909. The van der Waals surface area contributed by atoms with Gasteiger partial charge >= 0.3 is 0 Å². The van der Waals surface area contributed by atoms with Gasteiger partial charge in [-0.3, -0.25) is 4.79 Å². The van der Waals surface area contributed by atoms with Crippen LogP contribution in [0.5, 0.6) is 0 Å². The zero-order chi connectivity index (χ0) is 11.2. The van der Waals surface area contributed by atoms with Crippen LogP contribution in [0.15, 0.2) is 36.1 Å². The van der Waals surface area contributed by atoms with Crippen LogP contribution in [0.3, 0.4) is 0 Å². The molecule has 1 amide bonds. The van der Waals surface area contributed by atoms with Crippen LogP contribution in [0.2, 0.25) is 0 Å². The number of hydrogen-bond donors (Lipinski definition) is 2. The highest BCUT2D eigenvalue weighted by Gasteiger charge is 1.97. The summed E-state index contributed by atoms with van der Waals surface area (Å²) in [4.78, 5) is 19.3. The molecule has 0 aliphatic rings. The van der Waals surface area contributed by atoms with Crippen molar-refractivity contribution >= 4 is 23.3 Å². The van der Waals surface area contributed by atoms with Gasteiger partial charge in [-0.1, -0.05) is 6.07 Å². The van der Waals surface area contributed by atoms with E-state index in [0.717, 1.165) is 10.6 Å². The Balaban J connectivity index is 1.81. The van der Waals surface area contributed by atoms with Crippen LogP contribution in [0.25, 0.3) is 6.08 Å². The van der Waals surface area contributed by atoms with Crippen LogP contribution in [0.1, 0.15) is 10.6 Å². The summed E-state index contributed by atoms with van der Waals surface area (Å²) in [5.41, 5.74) is 0.887. The van der Waals surface area contributed by atoms with E-state index in [9.17, 15) is 4.79 Å². The van der Waals surface area contributed by atoms with Crippen molar-refractivity contribution in [3.8, 4) is 0 Å². The first-order valence-electron chi connectivity index (χ1n) is 4.81. The maximum absolute atomic E-state index is 11.4. The highest BCUT2D eigenvalue weighted by molar-refractivity contribution is 7.10. The molecule has 0 radical (unpaired) electrons. The quantitative estimate of drug-likeness (QED) is 0.791. The number of thiophene rings is 1. The van der Waals surface area contributed by atoms with Crippen LogP contribution in [0, 0.1) is 0 Å². The number of nitrogens with one attached hydrogen (secondary N) is 2. The number of imidazole rings is 1. The molecule has 0 fully saturated rings. The van der Waals surface area contributed by atoms with Crippen molar-refractivity contribution < 1.29 is 4.79 Å². The molecule has 0 atom stereocenters. The van der Waals surface area contributed by atoms with Crippen molar-refractivity contribution in [1.29, 1.82) is 0 Å². The Morgan fingerprint density at radius 3 is 3.25 bits per heavy atom. The van der Waals surface area contributed by atoms with Gasteiger partial charge < -0.3 is 10.3 Å². The third-order valence-corrected chi connectivity index (χ3v) is 2.79. The first-order chi connectivity index (χ1) is 7.84. The Morgan fingerprint density at radius 1 is 1.62 bits per heavy atom. The summed E-state index contributed by atoms with van der Waals surface area (Å²) >= 11 is 1.60. The van der Waals surface area contributed by atoms with Crippen molar-refractivity contribution in [3.63, 3.8) is 0 Å². The molecule has 0 aliphatic carbocycles. The molecule has 2 aromatic rings. The van der Waals surface area contributed by atoms with Crippen LogP contribution in [-0.2, 0) is 11.3 Å². The van der Waals surface area contributed by atoms with Crippen LogP contribution < -0.4 is 5.32 Å². The topological polar surface area (TPSA) is 57.8 Å². The van der Waals surface area contributed by atoms with E-state index < -0.39 is 0 Å². The highest BCUT2D eigenvalue weighted by atomic mass is 32.1. The van der Waals surface area contributed by atoms with Crippen LogP contribution >= 0.6 is 11.3 Å². The van der Waals surface area contributed by atoms with Crippen LogP contribution in [0.4, 0.5) is 0 Å². The molecule has 2 rings (SSSR count). The van der Waals surface area contributed by atoms with Crippen molar-refractivity contribution in [2.24, 2.45) is 0 Å². The Bertz CT molecular complexity index is 459. The molecule has 0 saturated carbocycles. The summed E-state index contributed by atoms with van der Waals surface area (Å²) in [5, 5.41) is 4.73. The van der Waals surface area contributed by atoms with Gasteiger partial charge in [0.25, 0.3) is 0 Å². The third-order valence-electron chi connectivity index (χ3n) is 1.95. The SMILES string of the molecule is O=C(C=Cc1cccs1)NCc1cnc[nH]1. The molecule has 4 nitrogen and oxygen atoms in total. The molecular weight excluding hydrogens is 222 g/mol. The Morgan fingerprint density at radius 2 is 2.56 bits per heavy atom. The van der Waals surface area contributed by atoms with Gasteiger partial charge in [0, 0.05) is 17.2 Å². The second kappa shape index (κ2) is 5.27. The van der Waals surface area contributed by atoms with Crippen molar-refractivity contribution in [2.75, 3.05) is 0 Å². The Kier molecular flexibility index (Phi) is 3.50. The zero-order valence-corrected chi connectivity index (χ0v) is 9.33. The van der Waals surface area contributed by atoms with E-state index in [0.29, 0.717) is 6.54 Å². The van der Waals surface area contributed by atoms with E-state index in [4.69, 9.17) is 0 Å². The summed E-state index contributed by atoms with van der Waals surface area (Å²) in [6.07, 6.45) is 6.60. The second-order valence-electron chi connectivity index (χ2n) is 3.14. The number of hydrogen-bond acceptors (Lipinski definition) is 3. The molecular formula is C11H11N3OS. The molecule has 2 heterocycles. The molecule has 2 aromatic heterocycles. The average Bonchev–Trinajstić information content (AvgIpc) is 2.96. The molecule has 0 spiro atoms. The van der Waals surface area contributed by atoms with E-state index in [2.05, 4.69) is 15.3 Å². The first-order valence-corrected chi connectivity index (χ1v) is 5.69. The summed E-state index contributed by atoms with van der Waals surface area (Å²) in [5.74, 6) is -0.108. The standard InChI is InChI=1S/C11H11N3OS/c15-11(4-3-10-2-1-5-16-10)13-7-9-6-12-8-14-9/h1-6,8H,7H2,(H,12,14)(H,13,15). The van der Waals surface area contributed by atoms with Crippen molar-refractivity contribution in [3.05, 3.63) is 46.7 Å². The van der Waals surface area contributed by atoms with E-state index in [1.165, 1.54) is 6.08 Å². The number of rotatable bonds is 4. The minimum atomic E-state index is -0.108. The summed E-state index contributed by atoms with van der Waals surface area (Å²) in [6.45, 7) is 0.466. The smallest absolute Gasteiger partial charge is 0.244 e. The molecule has 2 N–H and O–H groups in total. The average molecular weight is 233 g/mol. The fourth-order valence-corrected chi connectivity index (χ4v) is 1.78. The number of nitrogens with zero attached hydrogens (tertiary/aromatic N) is 1. The van der Waals surface area contributed by atoms with Gasteiger partial charge in [-0.05, 0) is 17.5 Å². The van der Waals surface area contributed by atoms with Gasteiger partial charge in [0.15, 0.2) is 0 Å². The van der Waals surface area contributed by atoms with E-state index >= 15 is 0 Å². The number of carbonyl (C=O) groups is 1. The van der Waals surface area contributed by atoms with E-state index in [-0.39, 0.29) is 5.91 Å². The van der Waals surface area contributed by atoms with Gasteiger partial charge in [0.2, 0.25) is 5.91 Å². The van der Waals surface area contributed by atoms with Gasteiger partial charge in [-0.25, -0.2) is 4.98 Å². The molecule has 16 heavy (non-hydrogen) atoms. The second-order valence-corrected chi connectivity index (χ2v) is 4.12. The lowest BCUT2D eigenvalue weighted by atomic mass is 10.4. The van der Waals surface area contributed by atoms with Gasteiger partial charge in [-0.15, -0.1) is 11.3 Å². The monoisotopic (exact) mass is 233 g/mol. The number of H-pyrrole nitrogens is 1. The van der Waals surface area contributed by atoms with E-state index in [1.54, 1.807) is 29.9 Å². The molecule has 5 heteroatoms. The largest absolute Gasteiger partial charge is 0.347 e. The molecule has 0 bridgehead atoms. The van der Waals surface area contributed by atoms with E-state index in [1.807, 2.05) is 17.5 Å². The van der Waals surface area contributed by atoms with Crippen LogP contribution in [-0.4, -0.2) is 15.9 Å². The molecule has 0 aliphatic heterocycles. The summed E-state index contributed by atoms with van der Waals surface area (Å²) < 4.78 is 0. The third kappa shape index (κ3) is 3.06. The minimum absolute atomic E-state index is 0.108. The first kappa shape index (κ1) is 10.6. The fourth-order valence-electron chi connectivity index (χ4n) is 1.17. The predicted octanol–water partition coefficient (Wildman–Crippen LogP) is 1.80. The number of carbonyl (C=O) groups excluding carboxylic acids is 1. The normalized spacial score (nSPS) is 10.8. The molecule has 0 saturated heterocycles. The summed E-state index contributed by atoms with van der Waals surface area (Å²) in [7, 11) is 0. The lowest BCUT2D eigenvalue weighted by molar-refractivity contribution is -0.116. The zero-order valence-electron chi connectivity index (χ0n) is 8.51. The van der Waals surface area contributed by atoms with Gasteiger partial charge in [-0.2, -0.15) is 0 Å². The Labute approximate surface area is 97.0 Å².